The Morgan fingerprint density at radius 1 is 1.35 bits per heavy atom. The lowest BCUT2D eigenvalue weighted by atomic mass is 10.1. The van der Waals surface area contributed by atoms with Crippen molar-refractivity contribution in [3.8, 4) is 17.6 Å². The molecule has 0 saturated heterocycles. The van der Waals surface area contributed by atoms with Gasteiger partial charge < -0.3 is 9.47 Å². The third-order valence-electron chi connectivity index (χ3n) is 3.28. The van der Waals surface area contributed by atoms with Gasteiger partial charge in [-0.2, -0.15) is 10.4 Å². The number of benzene rings is 2. The number of hydrazone groups is 1. The van der Waals surface area contributed by atoms with Gasteiger partial charge in [-0.25, -0.2) is 5.43 Å². The molecule has 0 fully saturated rings. The lowest BCUT2D eigenvalue weighted by Gasteiger charge is -2.15. The summed E-state index contributed by atoms with van der Waals surface area (Å²) in [6.45, 7) is 4.02. The average molecular weight is 463 g/mol. The number of halogens is 1. The fraction of sp³-hybridized carbons (Fsp3) is 0.211. The summed E-state index contributed by atoms with van der Waals surface area (Å²) in [6.07, 6.45) is 1.54. The van der Waals surface area contributed by atoms with Crippen LogP contribution in [0.15, 0.2) is 41.5 Å². The number of ether oxygens (including phenoxy) is 2. The fourth-order valence-electron chi connectivity index (χ4n) is 2.17. The maximum atomic E-state index is 10.9. The number of rotatable bonds is 7. The Morgan fingerprint density at radius 2 is 2.12 bits per heavy atom. The highest BCUT2D eigenvalue weighted by Crippen LogP contribution is 2.34. The molecule has 1 amide bonds. The van der Waals surface area contributed by atoms with Gasteiger partial charge in [0, 0.05) is 12.5 Å². The van der Waals surface area contributed by atoms with Crippen molar-refractivity contribution in [2.75, 3.05) is 6.61 Å². The molecule has 0 spiro atoms. The highest BCUT2D eigenvalue weighted by Gasteiger charge is 2.13. The highest BCUT2D eigenvalue weighted by molar-refractivity contribution is 14.1. The molecule has 0 aliphatic heterocycles. The van der Waals surface area contributed by atoms with Gasteiger partial charge in [0.15, 0.2) is 11.5 Å². The van der Waals surface area contributed by atoms with E-state index in [0.29, 0.717) is 23.7 Å². The number of carbonyl (C=O) groups excluding carboxylic acids is 1. The first-order chi connectivity index (χ1) is 12.5. The average Bonchev–Trinajstić information content (AvgIpc) is 2.61. The van der Waals surface area contributed by atoms with Gasteiger partial charge in [-0.1, -0.05) is 18.2 Å². The van der Waals surface area contributed by atoms with Crippen LogP contribution >= 0.6 is 22.6 Å². The van der Waals surface area contributed by atoms with Crippen LogP contribution in [0.4, 0.5) is 0 Å². The summed E-state index contributed by atoms with van der Waals surface area (Å²) in [5, 5.41) is 13.1. The molecule has 7 heteroatoms. The van der Waals surface area contributed by atoms with E-state index in [4.69, 9.17) is 9.47 Å². The molecule has 0 aromatic heterocycles. The lowest BCUT2D eigenvalue weighted by molar-refractivity contribution is -0.118. The monoisotopic (exact) mass is 463 g/mol. The van der Waals surface area contributed by atoms with Crippen LogP contribution in [0.5, 0.6) is 11.5 Å². The summed E-state index contributed by atoms with van der Waals surface area (Å²) < 4.78 is 12.5. The van der Waals surface area contributed by atoms with E-state index in [0.717, 1.165) is 14.7 Å². The van der Waals surface area contributed by atoms with E-state index in [1.54, 1.807) is 18.3 Å². The third-order valence-corrected chi connectivity index (χ3v) is 4.08. The Morgan fingerprint density at radius 3 is 2.81 bits per heavy atom. The summed E-state index contributed by atoms with van der Waals surface area (Å²) in [4.78, 5) is 10.9. The molecule has 0 heterocycles. The molecule has 1 N–H and O–H groups in total. The van der Waals surface area contributed by atoms with Gasteiger partial charge in [0.05, 0.1) is 28.0 Å². The van der Waals surface area contributed by atoms with E-state index < -0.39 is 0 Å². The van der Waals surface area contributed by atoms with Crippen LogP contribution in [-0.2, 0) is 11.4 Å². The summed E-state index contributed by atoms with van der Waals surface area (Å²) in [5.41, 5.74) is 4.53. The van der Waals surface area contributed by atoms with Crippen LogP contribution in [0.1, 0.15) is 30.5 Å². The SMILES string of the molecule is CCOc1cc(/C=N\NC(C)=O)cc(I)c1OCc1ccccc1C#N. The van der Waals surface area contributed by atoms with Gasteiger partial charge >= 0.3 is 0 Å². The van der Waals surface area contributed by atoms with E-state index in [-0.39, 0.29) is 12.5 Å². The first-order valence-electron chi connectivity index (χ1n) is 7.92. The minimum atomic E-state index is -0.239. The van der Waals surface area contributed by atoms with E-state index in [1.165, 1.54) is 6.92 Å². The van der Waals surface area contributed by atoms with Crippen LogP contribution in [-0.4, -0.2) is 18.7 Å². The van der Waals surface area contributed by atoms with Crippen LogP contribution in [0.2, 0.25) is 0 Å². The van der Waals surface area contributed by atoms with Crippen molar-refractivity contribution >= 4 is 34.7 Å². The maximum Gasteiger partial charge on any atom is 0.236 e. The second-order valence-electron chi connectivity index (χ2n) is 5.25. The fourth-order valence-corrected chi connectivity index (χ4v) is 2.95. The molecule has 0 saturated carbocycles. The van der Waals surface area contributed by atoms with Crippen molar-refractivity contribution in [1.29, 1.82) is 5.26 Å². The summed E-state index contributed by atoms with van der Waals surface area (Å²) in [5.74, 6) is 0.951. The van der Waals surface area contributed by atoms with Crippen molar-refractivity contribution in [2.24, 2.45) is 5.10 Å². The maximum absolute atomic E-state index is 10.9. The molecule has 2 aromatic rings. The summed E-state index contributed by atoms with van der Waals surface area (Å²) in [6, 6.07) is 13.1. The first-order valence-corrected chi connectivity index (χ1v) is 8.99. The molecule has 134 valence electrons. The van der Waals surface area contributed by atoms with Crippen LogP contribution in [0.25, 0.3) is 0 Å². The van der Waals surface area contributed by atoms with Gasteiger partial charge in [0.2, 0.25) is 5.91 Å². The zero-order valence-corrected chi connectivity index (χ0v) is 16.6. The van der Waals surface area contributed by atoms with Gasteiger partial charge in [0.25, 0.3) is 0 Å². The van der Waals surface area contributed by atoms with Crippen molar-refractivity contribution in [2.45, 2.75) is 20.5 Å². The predicted octanol–water partition coefficient (Wildman–Crippen LogP) is 3.61. The normalized spacial score (nSPS) is 10.4. The third kappa shape index (κ3) is 5.46. The number of carbonyl (C=O) groups is 1. The Labute approximate surface area is 166 Å². The lowest BCUT2D eigenvalue weighted by Crippen LogP contribution is -2.12. The molecule has 0 aliphatic rings. The largest absolute Gasteiger partial charge is 0.490 e. The molecule has 0 bridgehead atoms. The van der Waals surface area contributed by atoms with Gasteiger partial charge in [-0.05, 0) is 53.3 Å². The smallest absolute Gasteiger partial charge is 0.236 e. The Bertz CT molecular complexity index is 860. The van der Waals surface area contributed by atoms with Crippen LogP contribution < -0.4 is 14.9 Å². The van der Waals surface area contributed by atoms with E-state index >= 15 is 0 Å². The van der Waals surface area contributed by atoms with Crippen molar-refractivity contribution < 1.29 is 14.3 Å². The van der Waals surface area contributed by atoms with Gasteiger partial charge in [-0.15, -0.1) is 0 Å². The van der Waals surface area contributed by atoms with E-state index in [1.807, 2.05) is 31.2 Å². The van der Waals surface area contributed by atoms with Crippen molar-refractivity contribution in [3.63, 3.8) is 0 Å². The second-order valence-corrected chi connectivity index (χ2v) is 6.41. The molecular formula is C19H18IN3O3. The molecule has 0 atom stereocenters. The predicted molar refractivity (Wildman–Crippen MR) is 107 cm³/mol. The van der Waals surface area contributed by atoms with E-state index in [9.17, 15) is 10.1 Å². The minimum absolute atomic E-state index is 0.239. The van der Waals surface area contributed by atoms with Gasteiger partial charge in [0.1, 0.15) is 6.61 Å². The number of hydrogen-bond acceptors (Lipinski definition) is 5. The Balaban J connectivity index is 2.25. The number of hydrogen-bond donors (Lipinski definition) is 1. The molecule has 0 radical (unpaired) electrons. The molecular weight excluding hydrogens is 445 g/mol. The highest BCUT2D eigenvalue weighted by atomic mass is 127. The molecule has 0 aliphatic carbocycles. The van der Waals surface area contributed by atoms with Gasteiger partial charge in [-0.3, -0.25) is 4.79 Å². The van der Waals surface area contributed by atoms with E-state index in [2.05, 4.69) is 39.2 Å². The Kier molecular flexibility index (Phi) is 7.41. The number of nitrogens with zero attached hydrogens (tertiary/aromatic N) is 2. The zero-order chi connectivity index (χ0) is 18.9. The van der Waals surface area contributed by atoms with Crippen LogP contribution in [0, 0.1) is 14.9 Å². The van der Waals surface area contributed by atoms with Crippen LogP contribution in [0.3, 0.4) is 0 Å². The number of nitrogens with one attached hydrogen (secondary N) is 1. The zero-order valence-electron chi connectivity index (χ0n) is 14.5. The number of amides is 1. The quantitative estimate of drug-likeness (QED) is 0.387. The number of nitriles is 1. The molecule has 26 heavy (non-hydrogen) atoms. The van der Waals surface area contributed by atoms with Crippen molar-refractivity contribution in [3.05, 3.63) is 56.7 Å². The standard InChI is InChI=1S/C19H18IN3O3/c1-3-25-18-9-14(11-22-23-13(2)24)8-17(20)19(18)26-12-16-7-5-4-6-15(16)10-21/h4-9,11H,3,12H2,1-2H3,(H,23,24)/b22-11-. The molecule has 0 unspecified atom stereocenters. The Hall–Kier alpha value is -2.60. The molecule has 2 rings (SSSR count). The summed E-state index contributed by atoms with van der Waals surface area (Å²) >= 11 is 2.16. The van der Waals surface area contributed by atoms with Crippen molar-refractivity contribution in [1.82, 2.24) is 5.43 Å². The molecule has 6 nitrogen and oxygen atoms in total. The summed E-state index contributed by atoms with van der Waals surface area (Å²) in [7, 11) is 0. The second kappa shape index (κ2) is 9.77. The topological polar surface area (TPSA) is 83.7 Å². The minimum Gasteiger partial charge on any atom is -0.490 e. The first kappa shape index (κ1) is 19.7. The molecule has 2 aromatic carbocycles.